The van der Waals surface area contributed by atoms with Crippen LogP contribution in [0.25, 0.3) is 0 Å². The lowest BCUT2D eigenvalue weighted by molar-refractivity contribution is 0.303. The first-order valence-corrected chi connectivity index (χ1v) is 8.64. The van der Waals surface area contributed by atoms with Gasteiger partial charge in [0.1, 0.15) is 5.75 Å². The highest BCUT2D eigenvalue weighted by Gasteiger charge is 2.23. The first-order chi connectivity index (χ1) is 10.3. The monoisotopic (exact) mass is 301 g/mol. The zero-order chi connectivity index (χ0) is 14.7. The predicted octanol–water partition coefficient (Wildman–Crippen LogP) is 4.69. The smallest absolute Gasteiger partial charge is 0.119 e. The van der Waals surface area contributed by atoms with Crippen LogP contribution >= 0.6 is 11.3 Å². The van der Waals surface area contributed by atoms with Crippen LogP contribution in [0.5, 0.6) is 5.75 Å². The zero-order valence-corrected chi connectivity index (χ0v) is 13.6. The van der Waals surface area contributed by atoms with Gasteiger partial charge in [-0.1, -0.05) is 19.1 Å². The SMILES string of the molecule is CCCNC(c1ccc(OC2CC2)cc1)c1ccc(C)s1. The van der Waals surface area contributed by atoms with Gasteiger partial charge in [0.15, 0.2) is 0 Å². The number of benzene rings is 1. The van der Waals surface area contributed by atoms with Crippen molar-refractivity contribution in [2.24, 2.45) is 0 Å². The van der Waals surface area contributed by atoms with Gasteiger partial charge in [-0.2, -0.15) is 0 Å². The molecule has 1 N–H and O–H groups in total. The van der Waals surface area contributed by atoms with E-state index in [1.165, 1.54) is 28.2 Å². The maximum Gasteiger partial charge on any atom is 0.119 e. The maximum atomic E-state index is 5.83. The van der Waals surface area contributed by atoms with Gasteiger partial charge in [0.2, 0.25) is 0 Å². The molecular formula is C18H23NOS. The van der Waals surface area contributed by atoms with E-state index in [1.54, 1.807) is 0 Å². The molecule has 2 aromatic rings. The van der Waals surface area contributed by atoms with Crippen molar-refractivity contribution in [1.29, 1.82) is 0 Å². The predicted molar refractivity (Wildman–Crippen MR) is 89.3 cm³/mol. The Morgan fingerprint density at radius 3 is 2.52 bits per heavy atom. The Bertz CT molecular complexity index is 571. The fourth-order valence-corrected chi connectivity index (χ4v) is 3.38. The van der Waals surface area contributed by atoms with Crippen LogP contribution in [0.4, 0.5) is 0 Å². The number of thiophene rings is 1. The van der Waals surface area contributed by atoms with Crippen molar-refractivity contribution < 1.29 is 4.74 Å². The van der Waals surface area contributed by atoms with Gasteiger partial charge in [-0.3, -0.25) is 0 Å². The molecule has 0 bridgehead atoms. The Labute approximate surface area is 131 Å². The van der Waals surface area contributed by atoms with Crippen LogP contribution in [0.2, 0.25) is 0 Å². The quantitative estimate of drug-likeness (QED) is 0.801. The molecule has 0 radical (unpaired) electrons. The molecule has 1 aliphatic rings. The largest absolute Gasteiger partial charge is 0.490 e. The van der Waals surface area contributed by atoms with Crippen molar-refractivity contribution in [2.45, 2.75) is 45.3 Å². The van der Waals surface area contributed by atoms with Gasteiger partial charge in [-0.15, -0.1) is 11.3 Å². The highest BCUT2D eigenvalue weighted by Crippen LogP contribution is 2.31. The molecule has 1 unspecified atom stereocenters. The lowest BCUT2D eigenvalue weighted by Gasteiger charge is -2.18. The van der Waals surface area contributed by atoms with Crippen molar-refractivity contribution in [3.8, 4) is 5.75 Å². The molecule has 1 aromatic heterocycles. The van der Waals surface area contributed by atoms with Crippen LogP contribution < -0.4 is 10.1 Å². The topological polar surface area (TPSA) is 21.3 Å². The van der Waals surface area contributed by atoms with E-state index in [-0.39, 0.29) is 0 Å². The van der Waals surface area contributed by atoms with Crippen LogP contribution in [0.3, 0.4) is 0 Å². The average molecular weight is 301 g/mol. The molecule has 112 valence electrons. The third-order valence-electron chi connectivity index (χ3n) is 3.68. The number of nitrogens with one attached hydrogen (secondary N) is 1. The summed E-state index contributed by atoms with van der Waals surface area (Å²) in [5.41, 5.74) is 1.31. The molecule has 0 saturated heterocycles. The summed E-state index contributed by atoms with van der Waals surface area (Å²) >= 11 is 1.87. The first-order valence-electron chi connectivity index (χ1n) is 7.82. The second-order valence-corrected chi connectivity index (χ2v) is 7.04. The van der Waals surface area contributed by atoms with Gasteiger partial charge in [0, 0.05) is 9.75 Å². The van der Waals surface area contributed by atoms with Crippen molar-refractivity contribution in [3.63, 3.8) is 0 Å². The third kappa shape index (κ3) is 3.86. The lowest BCUT2D eigenvalue weighted by Crippen LogP contribution is -2.22. The second-order valence-electron chi connectivity index (χ2n) is 5.72. The summed E-state index contributed by atoms with van der Waals surface area (Å²) in [4.78, 5) is 2.75. The second kappa shape index (κ2) is 6.63. The van der Waals surface area contributed by atoms with Crippen LogP contribution in [0, 0.1) is 6.92 Å². The molecule has 21 heavy (non-hydrogen) atoms. The van der Waals surface area contributed by atoms with Gasteiger partial charge < -0.3 is 10.1 Å². The van der Waals surface area contributed by atoms with E-state index in [4.69, 9.17) is 4.74 Å². The minimum atomic E-state index is 0.290. The third-order valence-corrected chi connectivity index (χ3v) is 4.75. The van der Waals surface area contributed by atoms with Gasteiger partial charge in [-0.25, -0.2) is 0 Å². The van der Waals surface area contributed by atoms with Gasteiger partial charge >= 0.3 is 0 Å². The molecule has 3 rings (SSSR count). The highest BCUT2D eigenvalue weighted by atomic mass is 32.1. The minimum absolute atomic E-state index is 0.290. The van der Waals surface area contributed by atoms with Gasteiger partial charge in [0.25, 0.3) is 0 Å². The molecule has 1 heterocycles. The van der Waals surface area contributed by atoms with Crippen molar-refractivity contribution in [3.05, 3.63) is 51.7 Å². The number of aryl methyl sites for hydroxylation is 1. The molecule has 2 nitrogen and oxygen atoms in total. The maximum absolute atomic E-state index is 5.83. The van der Waals surface area contributed by atoms with Crippen LogP contribution in [0.15, 0.2) is 36.4 Å². The Hall–Kier alpha value is -1.32. The van der Waals surface area contributed by atoms with Crippen LogP contribution in [0.1, 0.15) is 47.5 Å². The Balaban J connectivity index is 1.77. The van der Waals surface area contributed by atoms with Crippen molar-refractivity contribution in [1.82, 2.24) is 5.32 Å². The van der Waals surface area contributed by atoms with E-state index in [0.717, 1.165) is 18.7 Å². The summed E-state index contributed by atoms with van der Waals surface area (Å²) in [5, 5.41) is 3.66. The number of rotatable bonds is 7. The molecule has 1 fully saturated rings. The van der Waals surface area contributed by atoms with E-state index in [1.807, 2.05) is 11.3 Å². The minimum Gasteiger partial charge on any atom is -0.490 e. The van der Waals surface area contributed by atoms with E-state index < -0.39 is 0 Å². The number of hydrogen-bond acceptors (Lipinski definition) is 3. The summed E-state index contributed by atoms with van der Waals surface area (Å²) in [6, 6.07) is 13.3. The van der Waals surface area contributed by atoms with E-state index in [0.29, 0.717) is 12.1 Å². The lowest BCUT2D eigenvalue weighted by atomic mass is 10.0. The van der Waals surface area contributed by atoms with Gasteiger partial charge in [-0.05, 0) is 62.6 Å². The van der Waals surface area contributed by atoms with E-state index in [9.17, 15) is 0 Å². The van der Waals surface area contributed by atoms with E-state index >= 15 is 0 Å². The molecule has 3 heteroatoms. The Morgan fingerprint density at radius 1 is 1.19 bits per heavy atom. The number of ether oxygens (including phenoxy) is 1. The molecule has 1 saturated carbocycles. The summed E-state index contributed by atoms with van der Waals surface area (Å²) in [6.07, 6.45) is 4.02. The summed E-state index contributed by atoms with van der Waals surface area (Å²) < 4.78 is 5.83. The average Bonchev–Trinajstić information content (AvgIpc) is 3.21. The molecule has 0 spiro atoms. The van der Waals surface area contributed by atoms with Crippen LogP contribution in [-0.2, 0) is 0 Å². The fourth-order valence-electron chi connectivity index (χ4n) is 2.40. The highest BCUT2D eigenvalue weighted by molar-refractivity contribution is 7.12. The van der Waals surface area contributed by atoms with E-state index in [2.05, 4.69) is 55.6 Å². The van der Waals surface area contributed by atoms with Crippen molar-refractivity contribution >= 4 is 11.3 Å². The number of hydrogen-bond donors (Lipinski definition) is 1. The molecule has 1 aliphatic carbocycles. The Kier molecular flexibility index (Phi) is 4.61. The summed E-state index contributed by atoms with van der Waals surface area (Å²) in [6.45, 7) is 5.40. The molecular weight excluding hydrogens is 278 g/mol. The summed E-state index contributed by atoms with van der Waals surface area (Å²) in [7, 11) is 0. The molecule has 0 aliphatic heterocycles. The van der Waals surface area contributed by atoms with Gasteiger partial charge in [0.05, 0.1) is 12.1 Å². The molecule has 1 atom stereocenters. The van der Waals surface area contributed by atoms with Crippen molar-refractivity contribution in [2.75, 3.05) is 6.54 Å². The van der Waals surface area contributed by atoms with Crippen LogP contribution in [-0.4, -0.2) is 12.6 Å². The summed E-state index contributed by atoms with van der Waals surface area (Å²) in [5.74, 6) is 0.998. The zero-order valence-electron chi connectivity index (χ0n) is 12.8. The Morgan fingerprint density at radius 2 is 1.95 bits per heavy atom. The first kappa shape index (κ1) is 14.6. The fraction of sp³-hybridized carbons (Fsp3) is 0.444. The molecule has 1 aromatic carbocycles. The standard InChI is InChI=1S/C18H23NOS/c1-3-12-19-18(17-11-4-13(2)21-17)14-5-7-15(8-6-14)20-16-9-10-16/h4-8,11,16,18-19H,3,9-10,12H2,1-2H3. The molecule has 0 amide bonds. The normalized spacial score (nSPS) is 15.9.